The second kappa shape index (κ2) is 17.9. The third-order valence-electron chi connectivity index (χ3n) is 10.6. The van der Waals surface area contributed by atoms with Crippen LogP contribution < -0.4 is 9.47 Å². The number of unbranched alkanes of at least 4 members (excludes halogenated alkanes) is 2. The average Bonchev–Trinajstić information content (AvgIpc) is 3.67. The van der Waals surface area contributed by atoms with Gasteiger partial charge in [-0.1, -0.05) is 61.8 Å². The molecule has 2 aromatic carbocycles. The Morgan fingerprint density at radius 2 is 1.87 bits per heavy atom. The van der Waals surface area contributed by atoms with Gasteiger partial charge < -0.3 is 19.3 Å². The molecule has 1 amide bonds. The van der Waals surface area contributed by atoms with Crippen LogP contribution in [0.2, 0.25) is 0 Å². The number of ether oxygens (including phenoxy) is 3. The van der Waals surface area contributed by atoms with Gasteiger partial charge in [0.2, 0.25) is 5.91 Å². The molecule has 1 fully saturated rings. The predicted octanol–water partition coefficient (Wildman–Crippen LogP) is 9.32. The number of allylic oxidation sites excluding steroid dienone is 3. The zero-order valence-electron chi connectivity index (χ0n) is 31.7. The summed E-state index contributed by atoms with van der Waals surface area (Å²) in [4.78, 5) is 43.4. The summed E-state index contributed by atoms with van der Waals surface area (Å²) in [5.41, 5.74) is 5.60. The Kier molecular flexibility index (Phi) is 13.1. The lowest BCUT2D eigenvalue weighted by Gasteiger charge is -2.49. The summed E-state index contributed by atoms with van der Waals surface area (Å²) in [7, 11) is 1.59. The summed E-state index contributed by atoms with van der Waals surface area (Å²) >= 11 is 3.06. The molecule has 2 aliphatic heterocycles. The van der Waals surface area contributed by atoms with Crippen LogP contribution >= 0.6 is 23.1 Å². The Labute approximate surface area is 327 Å². The minimum Gasteiger partial charge on any atom is -0.507 e. The van der Waals surface area contributed by atoms with Crippen LogP contribution in [-0.2, 0) is 38.6 Å². The van der Waals surface area contributed by atoms with E-state index in [9.17, 15) is 19.5 Å². The van der Waals surface area contributed by atoms with Gasteiger partial charge in [-0.15, -0.1) is 23.1 Å². The first kappa shape index (κ1) is 39.4. The number of fused-ring (bicyclic) bond motifs is 1. The molecule has 1 aliphatic carbocycles. The monoisotopic (exact) mass is 769 g/mol. The number of esters is 1. The minimum absolute atomic E-state index is 0.00371. The largest absolute Gasteiger partial charge is 0.507 e. The molecular weight excluding hydrogens is 719 g/mol. The summed E-state index contributed by atoms with van der Waals surface area (Å²) in [6, 6.07) is 15.0. The van der Waals surface area contributed by atoms with Gasteiger partial charge in [-0.05, 0) is 92.3 Å². The van der Waals surface area contributed by atoms with E-state index < -0.39 is 11.9 Å². The number of carbonyl (C=O) groups is 3. The number of benzene rings is 2. The quantitative estimate of drug-likeness (QED) is 0.0628. The molecule has 0 saturated carbocycles. The first-order valence-electron chi connectivity index (χ1n) is 18.9. The maximum absolute atomic E-state index is 14.0. The van der Waals surface area contributed by atoms with Crippen molar-refractivity contribution in [2.45, 2.75) is 90.0 Å². The smallest absolute Gasteiger partial charge is 0.355 e. The molecule has 0 spiro atoms. The second-order valence-corrected chi connectivity index (χ2v) is 16.8. The van der Waals surface area contributed by atoms with Crippen molar-refractivity contribution in [3.63, 3.8) is 0 Å². The number of Topliss-reactive ketones (excluding diaryl/α,β-unsaturated/α-hetero) is 1. The van der Waals surface area contributed by atoms with Crippen LogP contribution in [0, 0.1) is 11.8 Å². The van der Waals surface area contributed by atoms with E-state index in [0.717, 1.165) is 65.7 Å². The number of carbonyl (C=O) groups excluding carboxylic acids is 3. The number of β-lactam (4-membered cyclic amide) rings is 1. The van der Waals surface area contributed by atoms with Gasteiger partial charge in [0.25, 0.3) is 0 Å². The van der Waals surface area contributed by atoms with E-state index in [-0.39, 0.29) is 60.0 Å². The lowest BCUT2D eigenvalue weighted by atomic mass is 9.73. The van der Waals surface area contributed by atoms with Gasteiger partial charge in [0.15, 0.2) is 0 Å². The number of hydrogen-bond acceptors (Lipinski definition) is 9. The van der Waals surface area contributed by atoms with Crippen LogP contribution in [0.15, 0.2) is 89.0 Å². The number of amides is 1. The third-order valence-corrected chi connectivity index (χ3v) is 12.9. The first-order valence-corrected chi connectivity index (χ1v) is 20.8. The highest BCUT2D eigenvalue weighted by Gasteiger charge is 2.54. The standard InChI is InChI=1S/C44H51NO7S2/c1-6-7-8-10-30-20-38(47)40(36-19-28(4)12-17-35(36)27(2)3)39(21-30)51-25-31-26-54-43-37(23-32(46)22-34-11-9-18-53-34)42(48)45(43)41(31)44(49)52-24-29-13-15-33(50-5)16-14-29/h9,11,13-16,18-21,35-37,43,47H,2,6-8,10,12,17,22-26H2,1,3-5H3/t35-,36+,37+,43+/m0/s1. The van der Waals surface area contributed by atoms with Crippen molar-refractivity contribution in [2.24, 2.45) is 11.8 Å². The number of thiophene rings is 1. The Morgan fingerprint density at radius 3 is 2.57 bits per heavy atom. The number of aryl methyl sites for hydroxylation is 1. The Balaban J connectivity index is 1.30. The van der Waals surface area contributed by atoms with E-state index in [4.69, 9.17) is 14.2 Å². The van der Waals surface area contributed by atoms with Gasteiger partial charge in [-0.3, -0.25) is 14.5 Å². The second-order valence-electron chi connectivity index (χ2n) is 14.7. The highest BCUT2D eigenvalue weighted by molar-refractivity contribution is 8.00. The third kappa shape index (κ3) is 8.98. The molecule has 1 saturated heterocycles. The molecule has 1 aromatic heterocycles. The molecule has 8 nitrogen and oxygen atoms in total. The van der Waals surface area contributed by atoms with E-state index in [1.165, 1.54) is 33.6 Å². The van der Waals surface area contributed by atoms with E-state index >= 15 is 0 Å². The van der Waals surface area contributed by atoms with Crippen molar-refractivity contribution in [3.05, 3.63) is 111 Å². The summed E-state index contributed by atoms with van der Waals surface area (Å²) in [6.07, 6.45) is 8.51. The van der Waals surface area contributed by atoms with Crippen LogP contribution in [-0.4, -0.2) is 52.5 Å². The fourth-order valence-corrected chi connectivity index (χ4v) is 9.83. The number of hydrogen-bond donors (Lipinski definition) is 1. The van der Waals surface area contributed by atoms with Gasteiger partial charge in [0.1, 0.15) is 41.9 Å². The Hall–Kier alpha value is -4.28. The number of rotatable bonds is 17. The number of thioether (sulfide) groups is 1. The Bertz CT molecular complexity index is 1910. The van der Waals surface area contributed by atoms with E-state index in [1.54, 1.807) is 19.2 Å². The van der Waals surface area contributed by atoms with Crippen molar-refractivity contribution in [1.82, 2.24) is 4.90 Å². The molecule has 3 aromatic rings. The molecule has 54 heavy (non-hydrogen) atoms. The highest BCUT2D eigenvalue weighted by atomic mass is 32.2. The van der Waals surface area contributed by atoms with E-state index in [2.05, 4.69) is 26.5 Å². The number of methoxy groups -OCH3 is 1. The van der Waals surface area contributed by atoms with Gasteiger partial charge in [0.05, 0.1) is 18.4 Å². The zero-order valence-corrected chi connectivity index (χ0v) is 33.4. The molecule has 10 heteroatoms. The Morgan fingerprint density at radius 1 is 1.07 bits per heavy atom. The van der Waals surface area contributed by atoms with Crippen LogP contribution in [0.3, 0.4) is 0 Å². The summed E-state index contributed by atoms with van der Waals surface area (Å²) < 4.78 is 17.8. The maximum Gasteiger partial charge on any atom is 0.355 e. The van der Waals surface area contributed by atoms with Gasteiger partial charge in [-0.2, -0.15) is 0 Å². The first-order chi connectivity index (χ1) is 26.1. The molecule has 1 N–H and O–H groups in total. The van der Waals surface area contributed by atoms with Gasteiger partial charge in [0, 0.05) is 40.5 Å². The summed E-state index contributed by atoms with van der Waals surface area (Å²) in [5, 5.41) is 13.2. The average molecular weight is 770 g/mol. The lowest BCUT2D eigenvalue weighted by Crippen LogP contribution is -2.62. The van der Waals surface area contributed by atoms with Crippen molar-refractivity contribution in [3.8, 4) is 17.2 Å². The normalized spacial score (nSPS) is 20.9. The van der Waals surface area contributed by atoms with Crippen molar-refractivity contribution in [2.75, 3.05) is 19.5 Å². The molecule has 4 atom stereocenters. The number of ketones is 1. The number of aromatic hydroxyl groups is 1. The molecule has 286 valence electrons. The number of nitrogens with zero attached hydrogens (tertiary/aromatic N) is 1. The number of phenolic OH excluding ortho intramolecular Hbond substituents is 1. The fraction of sp³-hybridized carbons (Fsp3) is 0.432. The fourth-order valence-electron chi connectivity index (χ4n) is 7.70. The maximum atomic E-state index is 14.0. The highest BCUT2D eigenvalue weighted by Crippen LogP contribution is 2.49. The summed E-state index contributed by atoms with van der Waals surface area (Å²) in [6.45, 7) is 10.7. The minimum atomic E-state index is -0.615. The molecular formula is C44H51NO7S2. The molecule has 0 bridgehead atoms. The van der Waals surface area contributed by atoms with E-state index in [1.807, 2.05) is 48.7 Å². The molecule has 6 rings (SSSR count). The number of phenols is 1. The molecule has 3 heterocycles. The van der Waals surface area contributed by atoms with Gasteiger partial charge in [-0.25, -0.2) is 4.79 Å². The SMILES string of the molecule is C=C(C)[C@@H]1CCC(C)=C[C@H]1c1c(O)cc(CCCCC)cc1OCC1=C(C(=O)OCc2ccc(OC)cc2)N2C(=O)[C@@H](CC(=O)Cc3cccs3)[C@H]2SC1. The van der Waals surface area contributed by atoms with Crippen LogP contribution in [0.25, 0.3) is 0 Å². The molecule has 3 aliphatic rings. The zero-order chi connectivity index (χ0) is 38.4. The molecule has 0 unspecified atom stereocenters. The van der Waals surface area contributed by atoms with Gasteiger partial charge >= 0.3 is 5.97 Å². The molecule has 0 radical (unpaired) electrons. The van der Waals surface area contributed by atoms with Crippen molar-refractivity contribution >= 4 is 40.8 Å². The van der Waals surface area contributed by atoms with Crippen molar-refractivity contribution < 1.29 is 33.7 Å². The van der Waals surface area contributed by atoms with Crippen LogP contribution in [0.1, 0.15) is 86.8 Å². The van der Waals surface area contributed by atoms with E-state index in [0.29, 0.717) is 29.2 Å². The van der Waals surface area contributed by atoms with Crippen molar-refractivity contribution in [1.29, 1.82) is 0 Å². The predicted molar refractivity (Wildman–Crippen MR) is 215 cm³/mol. The van der Waals surface area contributed by atoms with Crippen LogP contribution in [0.4, 0.5) is 0 Å². The van der Waals surface area contributed by atoms with Crippen LogP contribution in [0.5, 0.6) is 17.2 Å². The lowest BCUT2D eigenvalue weighted by molar-refractivity contribution is -0.156. The topological polar surface area (TPSA) is 102 Å². The summed E-state index contributed by atoms with van der Waals surface area (Å²) in [5.74, 6) is 0.515.